The standard InChI is InChI=1S/C19H22N4O4/c1-13-7-9-15(10-8-13)27-12-17(24)22-23-18(25)16(21-19(20)26)11-14-5-3-2-4-6-14/h2-10,16H,11-12H2,1H3,(H,22,24)(H,23,25)(H3,20,21,26). The molecule has 0 saturated carbocycles. The summed E-state index contributed by atoms with van der Waals surface area (Å²) in [6.07, 6.45) is 0.228. The zero-order chi connectivity index (χ0) is 19.6. The molecule has 0 spiro atoms. The van der Waals surface area contributed by atoms with Crippen LogP contribution in [-0.2, 0) is 16.0 Å². The monoisotopic (exact) mass is 370 g/mol. The number of hydrogen-bond acceptors (Lipinski definition) is 4. The molecule has 8 nitrogen and oxygen atoms in total. The molecule has 0 aliphatic rings. The Morgan fingerprint density at radius 1 is 1.00 bits per heavy atom. The number of carbonyl (C=O) groups is 3. The Morgan fingerprint density at radius 3 is 2.30 bits per heavy atom. The maximum Gasteiger partial charge on any atom is 0.312 e. The van der Waals surface area contributed by atoms with Gasteiger partial charge in [0.1, 0.15) is 11.8 Å². The first kappa shape index (κ1) is 19.8. The highest BCUT2D eigenvalue weighted by Gasteiger charge is 2.20. The molecule has 0 aliphatic carbocycles. The van der Waals surface area contributed by atoms with Crippen LogP contribution in [0.3, 0.4) is 0 Å². The van der Waals surface area contributed by atoms with E-state index in [-0.39, 0.29) is 13.0 Å². The second-order valence-electron chi connectivity index (χ2n) is 5.89. The lowest BCUT2D eigenvalue weighted by molar-refractivity contribution is -0.130. The van der Waals surface area contributed by atoms with Gasteiger partial charge < -0.3 is 15.8 Å². The summed E-state index contributed by atoms with van der Waals surface area (Å²) in [5, 5.41) is 2.36. The van der Waals surface area contributed by atoms with Gasteiger partial charge in [-0.15, -0.1) is 0 Å². The molecule has 0 aromatic heterocycles. The molecule has 4 amide bonds. The van der Waals surface area contributed by atoms with Crippen LogP contribution >= 0.6 is 0 Å². The number of carbonyl (C=O) groups excluding carboxylic acids is 3. The van der Waals surface area contributed by atoms with Gasteiger partial charge >= 0.3 is 6.03 Å². The zero-order valence-corrected chi connectivity index (χ0v) is 14.9. The summed E-state index contributed by atoms with van der Waals surface area (Å²) in [6.45, 7) is 1.67. The van der Waals surface area contributed by atoms with Crippen molar-refractivity contribution >= 4 is 17.8 Å². The summed E-state index contributed by atoms with van der Waals surface area (Å²) >= 11 is 0. The van der Waals surface area contributed by atoms with Crippen LogP contribution in [-0.4, -0.2) is 30.5 Å². The summed E-state index contributed by atoms with van der Waals surface area (Å²) in [5.41, 5.74) is 11.5. The van der Waals surface area contributed by atoms with Crippen molar-refractivity contribution in [1.29, 1.82) is 0 Å². The third kappa shape index (κ3) is 7.07. The zero-order valence-electron chi connectivity index (χ0n) is 14.9. The van der Waals surface area contributed by atoms with E-state index in [4.69, 9.17) is 10.5 Å². The lowest BCUT2D eigenvalue weighted by Crippen LogP contribution is -2.54. The van der Waals surface area contributed by atoms with Crippen molar-refractivity contribution in [3.63, 3.8) is 0 Å². The molecular weight excluding hydrogens is 348 g/mol. The van der Waals surface area contributed by atoms with Crippen molar-refractivity contribution in [2.45, 2.75) is 19.4 Å². The molecule has 8 heteroatoms. The highest BCUT2D eigenvalue weighted by atomic mass is 16.5. The third-order valence-corrected chi connectivity index (χ3v) is 3.63. The average molecular weight is 370 g/mol. The number of amides is 4. The molecule has 27 heavy (non-hydrogen) atoms. The molecule has 142 valence electrons. The molecule has 2 aromatic rings. The topological polar surface area (TPSA) is 123 Å². The number of primary amides is 1. The molecule has 1 atom stereocenters. The molecular formula is C19H22N4O4. The number of rotatable bonds is 7. The summed E-state index contributed by atoms with van der Waals surface area (Å²) in [6, 6.07) is 14.6. The summed E-state index contributed by atoms with van der Waals surface area (Å²) in [4.78, 5) is 35.2. The van der Waals surface area contributed by atoms with Crippen LogP contribution in [0.5, 0.6) is 5.75 Å². The van der Waals surface area contributed by atoms with E-state index in [0.29, 0.717) is 5.75 Å². The first-order chi connectivity index (χ1) is 12.9. The minimum atomic E-state index is -0.928. The molecule has 2 rings (SSSR count). The van der Waals surface area contributed by atoms with Gasteiger partial charge in [0.05, 0.1) is 0 Å². The van der Waals surface area contributed by atoms with E-state index in [2.05, 4.69) is 16.2 Å². The van der Waals surface area contributed by atoms with Crippen molar-refractivity contribution < 1.29 is 19.1 Å². The fourth-order valence-electron chi connectivity index (χ4n) is 2.27. The normalized spacial score (nSPS) is 11.1. The van der Waals surface area contributed by atoms with E-state index in [9.17, 15) is 14.4 Å². The van der Waals surface area contributed by atoms with Gasteiger partial charge in [0.15, 0.2) is 6.61 Å². The van der Waals surface area contributed by atoms with Gasteiger partial charge in [0.2, 0.25) is 0 Å². The van der Waals surface area contributed by atoms with E-state index in [0.717, 1.165) is 11.1 Å². The Bertz CT molecular complexity index is 778. The van der Waals surface area contributed by atoms with Crippen molar-refractivity contribution in [3.05, 3.63) is 65.7 Å². The van der Waals surface area contributed by atoms with Gasteiger partial charge in [0.25, 0.3) is 11.8 Å². The second kappa shape index (κ2) is 9.81. The number of nitrogens with two attached hydrogens (primary N) is 1. The van der Waals surface area contributed by atoms with E-state index in [1.165, 1.54) is 0 Å². The van der Waals surface area contributed by atoms with Crippen LogP contribution in [0.1, 0.15) is 11.1 Å². The Hall–Kier alpha value is -3.55. The molecule has 5 N–H and O–H groups in total. The van der Waals surface area contributed by atoms with Gasteiger partial charge in [-0.2, -0.15) is 0 Å². The van der Waals surface area contributed by atoms with Crippen LogP contribution in [0, 0.1) is 6.92 Å². The molecule has 0 bridgehead atoms. The number of ether oxygens (including phenoxy) is 1. The predicted molar refractivity (Wildman–Crippen MR) is 99.6 cm³/mol. The Kier molecular flexibility index (Phi) is 7.18. The first-order valence-electron chi connectivity index (χ1n) is 8.32. The van der Waals surface area contributed by atoms with Crippen LogP contribution < -0.4 is 26.6 Å². The number of hydrogen-bond donors (Lipinski definition) is 4. The van der Waals surface area contributed by atoms with Crippen LogP contribution in [0.2, 0.25) is 0 Å². The van der Waals surface area contributed by atoms with Crippen molar-refractivity contribution in [2.24, 2.45) is 5.73 Å². The SMILES string of the molecule is Cc1ccc(OCC(=O)NNC(=O)C(Cc2ccccc2)NC(N)=O)cc1. The van der Waals surface area contributed by atoms with Crippen LogP contribution in [0.25, 0.3) is 0 Å². The fraction of sp³-hybridized carbons (Fsp3) is 0.211. The summed E-state index contributed by atoms with van der Waals surface area (Å²) < 4.78 is 5.32. The van der Waals surface area contributed by atoms with Crippen molar-refractivity contribution in [3.8, 4) is 5.75 Å². The minimum absolute atomic E-state index is 0.228. The van der Waals surface area contributed by atoms with E-state index in [1.807, 2.05) is 49.4 Å². The Balaban J connectivity index is 1.83. The fourth-order valence-corrected chi connectivity index (χ4v) is 2.27. The minimum Gasteiger partial charge on any atom is -0.484 e. The lowest BCUT2D eigenvalue weighted by Gasteiger charge is -2.17. The number of benzene rings is 2. The number of nitrogens with one attached hydrogen (secondary N) is 3. The maximum absolute atomic E-state index is 12.3. The molecule has 1 unspecified atom stereocenters. The van der Waals surface area contributed by atoms with Crippen LogP contribution in [0.4, 0.5) is 4.79 Å². The maximum atomic E-state index is 12.3. The Morgan fingerprint density at radius 2 is 1.67 bits per heavy atom. The molecule has 0 radical (unpaired) electrons. The quantitative estimate of drug-likeness (QED) is 0.538. The number of aryl methyl sites for hydroxylation is 1. The molecule has 0 saturated heterocycles. The van der Waals surface area contributed by atoms with Crippen molar-refractivity contribution in [2.75, 3.05) is 6.61 Å². The summed E-state index contributed by atoms with van der Waals surface area (Å²) in [7, 11) is 0. The third-order valence-electron chi connectivity index (χ3n) is 3.63. The highest BCUT2D eigenvalue weighted by molar-refractivity contribution is 5.88. The van der Waals surface area contributed by atoms with Gasteiger partial charge in [-0.1, -0.05) is 48.0 Å². The van der Waals surface area contributed by atoms with E-state index >= 15 is 0 Å². The smallest absolute Gasteiger partial charge is 0.312 e. The molecule has 0 aliphatic heterocycles. The van der Waals surface area contributed by atoms with Gasteiger partial charge in [-0.25, -0.2) is 4.79 Å². The van der Waals surface area contributed by atoms with E-state index < -0.39 is 23.9 Å². The van der Waals surface area contributed by atoms with Crippen molar-refractivity contribution in [1.82, 2.24) is 16.2 Å². The summed E-state index contributed by atoms with van der Waals surface area (Å²) in [5.74, 6) is -0.595. The van der Waals surface area contributed by atoms with E-state index in [1.54, 1.807) is 12.1 Å². The second-order valence-corrected chi connectivity index (χ2v) is 5.89. The number of urea groups is 1. The van der Waals surface area contributed by atoms with Crippen LogP contribution in [0.15, 0.2) is 54.6 Å². The molecule has 0 heterocycles. The lowest BCUT2D eigenvalue weighted by atomic mass is 10.1. The first-order valence-corrected chi connectivity index (χ1v) is 8.32. The highest BCUT2D eigenvalue weighted by Crippen LogP contribution is 2.10. The van der Waals surface area contributed by atoms with Gasteiger partial charge in [-0.3, -0.25) is 20.4 Å². The largest absolute Gasteiger partial charge is 0.484 e. The average Bonchev–Trinajstić information content (AvgIpc) is 2.65. The molecule has 0 fully saturated rings. The number of hydrazine groups is 1. The predicted octanol–water partition coefficient (Wildman–Crippen LogP) is 0.801. The van der Waals surface area contributed by atoms with Gasteiger partial charge in [0, 0.05) is 6.42 Å². The van der Waals surface area contributed by atoms with Gasteiger partial charge in [-0.05, 0) is 24.6 Å². The Labute approximate surface area is 157 Å². The molecule has 2 aromatic carbocycles.